The highest BCUT2D eigenvalue weighted by molar-refractivity contribution is 9.10. The normalized spacial score (nSPS) is 15.9. The summed E-state index contributed by atoms with van der Waals surface area (Å²) in [6.45, 7) is 6.70. The van der Waals surface area contributed by atoms with Crippen molar-refractivity contribution in [3.63, 3.8) is 0 Å². The summed E-state index contributed by atoms with van der Waals surface area (Å²) in [5.74, 6) is 1.26. The number of aromatic nitrogens is 2. The zero-order valence-electron chi connectivity index (χ0n) is 14.7. The van der Waals surface area contributed by atoms with E-state index in [0.29, 0.717) is 36.2 Å². The number of allylic oxidation sites excluding steroid dienone is 1. The Kier molecular flexibility index (Phi) is 5.09. The molecule has 136 valence electrons. The Balaban J connectivity index is 2.25. The Labute approximate surface area is 159 Å². The van der Waals surface area contributed by atoms with Crippen LogP contribution in [0.1, 0.15) is 36.6 Å². The first-order chi connectivity index (χ1) is 12.5. The van der Waals surface area contributed by atoms with Crippen LogP contribution in [-0.2, 0) is 0 Å². The summed E-state index contributed by atoms with van der Waals surface area (Å²) < 4.78 is 17.8. The van der Waals surface area contributed by atoms with Crippen molar-refractivity contribution in [1.29, 1.82) is 5.26 Å². The largest absolute Gasteiger partial charge is 0.493 e. The second-order valence-electron chi connectivity index (χ2n) is 5.68. The van der Waals surface area contributed by atoms with Crippen LogP contribution in [0.5, 0.6) is 17.4 Å². The molecule has 1 aromatic heterocycles. The zero-order chi connectivity index (χ0) is 18.8. The van der Waals surface area contributed by atoms with Crippen LogP contribution in [0.4, 0.5) is 0 Å². The molecule has 0 fully saturated rings. The van der Waals surface area contributed by atoms with Gasteiger partial charge in [0.2, 0.25) is 11.8 Å². The molecule has 0 saturated heterocycles. The lowest BCUT2D eigenvalue weighted by Gasteiger charge is -2.26. The van der Waals surface area contributed by atoms with Gasteiger partial charge in [0.1, 0.15) is 23.1 Å². The number of H-pyrrole nitrogens is 1. The van der Waals surface area contributed by atoms with Crippen molar-refractivity contribution in [2.75, 3.05) is 13.2 Å². The van der Waals surface area contributed by atoms with Crippen LogP contribution in [0.2, 0.25) is 0 Å². The minimum Gasteiger partial charge on any atom is -0.493 e. The van der Waals surface area contributed by atoms with Crippen LogP contribution >= 0.6 is 15.9 Å². The van der Waals surface area contributed by atoms with Crippen LogP contribution in [0.15, 0.2) is 28.1 Å². The third-order valence-corrected chi connectivity index (χ3v) is 4.72. The van der Waals surface area contributed by atoms with Gasteiger partial charge >= 0.3 is 0 Å². The third-order valence-electron chi connectivity index (χ3n) is 4.10. The molecular weight excluding hydrogens is 400 g/mol. The molecule has 0 unspecified atom stereocenters. The van der Waals surface area contributed by atoms with Gasteiger partial charge in [-0.15, -0.1) is 5.10 Å². The van der Waals surface area contributed by atoms with E-state index in [-0.39, 0.29) is 5.88 Å². The minimum atomic E-state index is -0.448. The molecule has 0 bridgehead atoms. The summed E-state index contributed by atoms with van der Waals surface area (Å²) in [6.07, 6.45) is 0. The molecule has 0 spiro atoms. The molecule has 2 aromatic rings. The molecule has 0 saturated carbocycles. The van der Waals surface area contributed by atoms with Crippen molar-refractivity contribution in [2.24, 2.45) is 5.73 Å². The zero-order valence-corrected chi connectivity index (χ0v) is 16.3. The summed E-state index contributed by atoms with van der Waals surface area (Å²) in [6, 6.07) is 5.89. The van der Waals surface area contributed by atoms with Gasteiger partial charge in [-0.1, -0.05) is 0 Å². The van der Waals surface area contributed by atoms with Crippen LogP contribution in [0.25, 0.3) is 0 Å². The lowest BCUT2D eigenvalue weighted by atomic mass is 9.83. The summed E-state index contributed by atoms with van der Waals surface area (Å²) in [4.78, 5) is 0. The van der Waals surface area contributed by atoms with Gasteiger partial charge in [0, 0.05) is 22.9 Å². The first kappa shape index (κ1) is 18.1. The Morgan fingerprint density at radius 3 is 2.65 bits per heavy atom. The number of benzene rings is 1. The van der Waals surface area contributed by atoms with Crippen molar-refractivity contribution in [3.8, 4) is 23.4 Å². The Morgan fingerprint density at radius 1 is 1.31 bits per heavy atom. The summed E-state index contributed by atoms with van der Waals surface area (Å²) in [5.41, 5.74) is 8.67. The number of aryl methyl sites for hydroxylation is 1. The van der Waals surface area contributed by atoms with E-state index in [0.717, 1.165) is 21.3 Å². The number of nitrogens with one attached hydrogen (secondary N) is 1. The first-order valence-electron chi connectivity index (χ1n) is 8.23. The Morgan fingerprint density at radius 2 is 2.00 bits per heavy atom. The molecule has 1 aliphatic rings. The monoisotopic (exact) mass is 418 g/mol. The van der Waals surface area contributed by atoms with Gasteiger partial charge in [-0.05, 0) is 42.8 Å². The maximum Gasteiger partial charge on any atom is 0.244 e. The van der Waals surface area contributed by atoms with Gasteiger partial charge in [-0.3, -0.25) is 5.10 Å². The predicted octanol–water partition coefficient (Wildman–Crippen LogP) is 3.50. The molecule has 1 aromatic carbocycles. The number of hydrogen-bond donors (Lipinski definition) is 2. The Bertz CT molecular complexity index is 914. The number of nitrogens with zero attached hydrogens (tertiary/aromatic N) is 2. The van der Waals surface area contributed by atoms with E-state index < -0.39 is 5.92 Å². The molecule has 1 aliphatic heterocycles. The molecule has 7 nitrogen and oxygen atoms in total. The number of aromatic amines is 1. The fraction of sp³-hybridized carbons (Fsp3) is 0.333. The van der Waals surface area contributed by atoms with Crippen LogP contribution < -0.4 is 19.9 Å². The molecule has 8 heteroatoms. The maximum absolute atomic E-state index is 9.70. The molecule has 3 rings (SSSR count). The number of hydrogen-bond acceptors (Lipinski definition) is 6. The number of nitriles is 1. The summed E-state index contributed by atoms with van der Waals surface area (Å²) in [7, 11) is 0. The van der Waals surface area contributed by atoms with Gasteiger partial charge in [0.05, 0.1) is 23.6 Å². The molecular formula is C18H19BrN4O3. The second kappa shape index (κ2) is 7.30. The van der Waals surface area contributed by atoms with Crippen molar-refractivity contribution in [2.45, 2.75) is 26.7 Å². The van der Waals surface area contributed by atoms with Crippen molar-refractivity contribution in [3.05, 3.63) is 44.9 Å². The Hall–Kier alpha value is -2.66. The molecule has 1 atom stereocenters. The van der Waals surface area contributed by atoms with Gasteiger partial charge in [-0.2, -0.15) is 5.26 Å². The number of ether oxygens (including phenoxy) is 3. The lowest BCUT2D eigenvalue weighted by molar-refractivity contribution is 0.318. The molecule has 0 radical (unpaired) electrons. The highest BCUT2D eigenvalue weighted by Crippen LogP contribution is 2.47. The predicted molar refractivity (Wildman–Crippen MR) is 99.1 cm³/mol. The maximum atomic E-state index is 9.70. The SMILES string of the molecule is CCOc1cc(OCC)c([C@H]2C(C#N)=C(N)Oc3n[nH]c(C)c32)cc1Br. The van der Waals surface area contributed by atoms with Gasteiger partial charge in [-0.25, -0.2) is 0 Å². The number of nitrogens with two attached hydrogens (primary N) is 1. The average Bonchev–Trinajstić information content (AvgIpc) is 2.97. The van der Waals surface area contributed by atoms with E-state index in [1.54, 1.807) is 0 Å². The van der Waals surface area contributed by atoms with E-state index >= 15 is 0 Å². The van der Waals surface area contributed by atoms with Gasteiger partial charge < -0.3 is 19.9 Å². The number of halogens is 1. The van der Waals surface area contributed by atoms with E-state index in [4.69, 9.17) is 19.9 Å². The molecule has 3 N–H and O–H groups in total. The summed E-state index contributed by atoms with van der Waals surface area (Å²) >= 11 is 3.54. The van der Waals surface area contributed by atoms with Crippen molar-refractivity contribution >= 4 is 15.9 Å². The molecule has 0 aliphatic carbocycles. The standard InChI is InChI=1S/C18H19BrN4O3/c1-4-24-13-7-14(25-5-2)12(19)6-10(13)16-11(8-20)17(21)26-18-15(16)9(3)22-23-18/h6-7,16H,4-5,21H2,1-3H3,(H,22,23)/t16-/m0/s1. The highest BCUT2D eigenvalue weighted by atomic mass is 79.9. The second-order valence-corrected chi connectivity index (χ2v) is 6.53. The molecule has 0 amide bonds. The van der Waals surface area contributed by atoms with E-state index in [1.165, 1.54) is 0 Å². The van der Waals surface area contributed by atoms with Crippen LogP contribution in [0, 0.1) is 18.3 Å². The fourth-order valence-electron chi connectivity index (χ4n) is 3.03. The van der Waals surface area contributed by atoms with E-state index in [9.17, 15) is 5.26 Å². The number of rotatable bonds is 5. The van der Waals surface area contributed by atoms with Crippen molar-refractivity contribution in [1.82, 2.24) is 10.2 Å². The average molecular weight is 419 g/mol. The highest BCUT2D eigenvalue weighted by Gasteiger charge is 2.36. The van der Waals surface area contributed by atoms with Gasteiger partial charge in [0.15, 0.2) is 0 Å². The first-order valence-corrected chi connectivity index (χ1v) is 9.02. The quantitative estimate of drug-likeness (QED) is 0.769. The fourth-order valence-corrected chi connectivity index (χ4v) is 3.51. The summed E-state index contributed by atoms with van der Waals surface area (Å²) in [5, 5.41) is 16.7. The number of fused-ring (bicyclic) bond motifs is 1. The topological polar surface area (TPSA) is 106 Å². The molecule has 26 heavy (non-hydrogen) atoms. The smallest absolute Gasteiger partial charge is 0.244 e. The van der Waals surface area contributed by atoms with Crippen molar-refractivity contribution < 1.29 is 14.2 Å². The van der Waals surface area contributed by atoms with Crippen LogP contribution in [-0.4, -0.2) is 23.4 Å². The minimum absolute atomic E-state index is 0.0453. The molecule has 2 heterocycles. The van der Waals surface area contributed by atoms with Gasteiger partial charge in [0.25, 0.3) is 0 Å². The van der Waals surface area contributed by atoms with Crippen LogP contribution in [0.3, 0.4) is 0 Å². The third kappa shape index (κ3) is 2.99. The van der Waals surface area contributed by atoms with E-state index in [2.05, 4.69) is 32.2 Å². The van der Waals surface area contributed by atoms with E-state index in [1.807, 2.05) is 32.9 Å². The lowest BCUT2D eigenvalue weighted by Crippen LogP contribution is -2.21.